The first-order valence-electron chi connectivity index (χ1n) is 6.85. The summed E-state index contributed by atoms with van der Waals surface area (Å²) < 4.78 is 5.47. The van der Waals surface area contributed by atoms with E-state index in [9.17, 15) is 9.90 Å². The Morgan fingerprint density at radius 2 is 2.50 bits per heavy atom. The molecular formula is C15H20N2O3. The van der Waals surface area contributed by atoms with Crippen LogP contribution in [0.25, 0.3) is 0 Å². The summed E-state index contributed by atoms with van der Waals surface area (Å²) in [6, 6.07) is 3.47. The molecule has 2 heterocycles. The lowest BCUT2D eigenvalue weighted by Gasteiger charge is -2.31. The molecule has 2 rings (SSSR count). The molecule has 0 bridgehead atoms. The molecular weight excluding hydrogens is 256 g/mol. The molecule has 1 aromatic rings. The van der Waals surface area contributed by atoms with Crippen molar-refractivity contribution in [2.24, 2.45) is 5.92 Å². The molecule has 0 radical (unpaired) electrons. The number of rotatable bonds is 5. The highest BCUT2D eigenvalue weighted by Gasteiger charge is 2.26. The van der Waals surface area contributed by atoms with Gasteiger partial charge < -0.3 is 14.7 Å². The Morgan fingerprint density at radius 1 is 1.65 bits per heavy atom. The summed E-state index contributed by atoms with van der Waals surface area (Å²) in [7, 11) is 0. The lowest BCUT2D eigenvalue weighted by atomic mass is 9.99. The van der Waals surface area contributed by atoms with Crippen molar-refractivity contribution in [1.29, 1.82) is 0 Å². The second-order valence-electron chi connectivity index (χ2n) is 4.89. The fourth-order valence-electron chi connectivity index (χ4n) is 2.36. The van der Waals surface area contributed by atoms with Crippen molar-refractivity contribution in [2.45, 2.75) is 12.8 Å². The summed E-state index contributed by atoms with van der Waals surface area (Å²) in [6.45, 7) is 5.33. The van der Waals surface area contributed by atoms with E-state index in [1.54, 1.807) is 29.3 Å². The Kier molecular flexibility index (Phi) is 5.12. The summed E-state index contributed by atoms with van der Waals surface area (Å²) >= 11 is 0. The molecule has 20 heavy (non-hydrogen) atoms. The SMILES string of the molecule is C=CCOc1cccnc1C(=O)N1CCCC(CO)C1. The number of hydrogen-bond donors (Lipinski definition) is 1. The van der Waals surface area contributed by atoms with Crippen LogP contribution >= 0.6 is 0 Å². The second-order valence-corrected chi connectivity index (χ2v) is 4.89. The molecule has 5 heteroatoms. The van der Waals surface area contributed by atoms with Crippen molar-refractivity contribution in [1.82, 2.24) is 9.88 Å². The monoisotopic (exact) mass is 276 g/mol. The van der Waals surface area contributed by atoms with Gasteiger partial charge in [-0.2, -0.15) is 0 Å². The highest BCUT2D eigenvalue weighted by atomic mass is 16.5. The van der Waals surface area contributed by atoms with E-state index in [1.807, 2.05) is 0 Å². The van der Waals surface area contributed by atoms with Gasteiger partial charge in [-0.25, -0.2) is 4.98 Å². The zero-order valence-corrected chi connectivity index (χ0v) is 11.5. The van der Waals surface area contributed by atoms with Crippen LogP contribution in [0.4, 0.5) is 0 Å². The van der Waals surface area contributed by atoms with Gasteiger partial charge >= 0.3 is 0 Å². The van der Waals surface area contributed by atoms with Crippen LogP contribution in [-0.2, 0) is 0 Å². The van der Waals surface area contributed by atoms with E-state index in [1.165, 1.54) is 0 Å². The van der Waals surface area contributed by atoms with E-state index >= 15 is 0 Å². The Morgan fingerprint density at radius 3 is 3.25 bits per heavy atom. The van der Waals surface area contributed by atoms with Crippen molar-refractivity contribution < 1.29 is 14.6 Å². The number of pyridine rings is 1. The fraction of sp³-hybridized carbons (Fsp3) is 0.467. The molecule has 5 nitrogen and oxygen atoms in total. The number of piperidine rings is 1. The molecule has 0 aliphatic carbocycles. The number of carbonyl (C=O) groups is 1. The Labute approximate surface area is 118 Å². The first kappa shape index (κ1) is 14.5. The first-order valence-corrected chi connectivity index (χ1v) is 6.85. The normalized spacial score (nSPS) is 18.6. The highest BCUT2D eigenvalue weighted by Crippen LogP contribution is 2.22. The third kappa shape index (κ3) is 3.36. The molecule has 1 aromatic heterocycles. The minimum absolute atomic E-state index is 0.117. The van der Waals surface area contributed by atoms with Crippen molar-refractivity contribution in [3.8, 4) is 5.75 Å². The van der Waals surface area contributed by atoms with Crippen molar-refractivity contribution in [3.05, 3.63) is 36.7 Å². The predicted molar refractivity (Wildman–Crippen MR) is 75.6 cm³/mol. The topological polar surface area (TPSA) is 62.7 Å². The van der Waals surface area contributed by atoms with Crippen molar-refractivity contribution in [3.63, 3.8) is 0 Å². The Balaban J connectivity index is 2.13. The second kappa shape index (κ2) is 7.05. The van der Waals surface area contributed by atoms with E-state index in [4.69, 9.17) is 4.74 Å². The van der Waals surface area contributed by atoms with E-state index in [2.05, 4.69) is 11.6 Å². The molecule has 1 atom stereocenters. The molecule has 1 unspecified atom stereocenters. The number of aromatic nitrogens is 1. The summed E-state index contributed by atoms with van der Waals surface area (Å²) in [4.78, 5) is 18.4. The van der Waals surface area contributed by atoms with Crippen LogP contribution in [0.3, 0.4) is 0 Å². The molecule has 0 spiro atoms. The molecule has 1 N–H and O–H groups in total. The maximum Gasteiger partial charge on any atom is 0.276 e. The summed E-state index contributed by atoms with van der Waals surface area (Å²) in [5.74, 6) is 0.500. The quantitative estimate of drug-likeness (QED) is 0.828. The van der Waals surface area contributed by atoms with Gasteiger partial charge in [0, 0.05) is 25.9 Å². The van der Waals surface area contributed by atoms with Crippen LogP contribution < -0.4 is 4.74 Å². The third-order valence-corrected chi connectivity index (χ3v) is 3.39. The average Bonchev–Trinajstić information content (AvgIpc) is 2.52. The number of amides is 1. The van der Waals surface area contributed by atoms with Crippen LogP contribution in [-0.4, -0.2) is 47.2 Å². The molecule has 1 saturated heterocycles. The molecule has 1 fully saturated rings. The average molecular weight is 276 g/mol. The van der Waals surface area contributed by atoms with Crippen LogP contribution in [0.2, 0.25) is 0 Å². The molecule has 1 aliphatic heterocycles. The van der Waals surface area contributed by atoms with Crippen molar-refractivity contribution in [2.75, 3.05) is 26.3 Å². The van der Waals surface area contributed by atoms with Gasteiger partial charge in [0.25, 0.3) is 5.91 Å². The van der Waals surface area contributed by atoms with E-state index in [-0.39, 0.29) is 18.4 Å². The highest BCUT2D eigenvalue weighted by molar-refractivity contribution is 5.95. The van der Waals surface area contributed by atoms with Crippen LogP contribution in [0.15, 0.2) is 31.0 Å². The smallest absolute Gasteiger partial charge is 0.276 e. The summed E-state index contributed by atoms with van der Waals surface area (Å²) in [6.07, 6.45) is 5.08. The molecule has 0 aromatic carbocycles. The van der Waals surface area contributed by atoms with Crippen molar-refractivity contribution >= 4 is 5.91 Å². The predicted octanol–water partition coefficient (Wildman–Crippen LogP) is 1.49. The number of carbonyl (C=O) groups excluding carboxylic acids is 1. The number of likely N-dealkylation sites (tertiary alicyclic amines) is 1. The number of aliphatic hydroxyl groups excluding tert-OH is 1. The maximum absolute atomic E-state index is 12.5. The zero-order chi connectivity index (χ0) is 14.4. The molecule has 0 saturated carbocycles. The van der Waals surface area contributed by atoms with Gasteiger partial charge in [0.15, 0.2) is 11.4 Å². The Hall–Kier alpha value is -1.88. The largest absolute Gasteiger partial charge is 0.487 e. The minimum atomic E-state index is -0.136. The minimum Gasteiger partial charge on any atom is -0.487 e. The van der Waals surface area contributed by atoms with E-state index < -0.39 is 0 Å². The number of nitrogens with zero attached hydrogens (tertiary/aromatic N) is 2. The van der Waals surface area contributed by atoms with Gasteiger partial charge in [0.2, 0.25) is 0 Å². The molecule has 108 valence electrons. The van der Waals surface area contributed by atoms with Gasteiger partial charge in [-0.15, -0.1) is 0 Å². The van der Waals surface area contributed by atoms with Gasteiger partial charge in [0.1, 0.15) is 6.61 Å². The molecule has 1 aliphatic rings. The van der Waals surface area contributed by atoms with Gasteiger partial charge in [0.05, 0.1) is 0 Å². The summed E-state index contributed by atoms with van der Waals surface area (Å²) in [5, 5.41) is 9.24. The number of ether oxygens (including phenoxy) is 1. The van der Waals surface area contributed by atoms with E-state index in [0.717, 1.165) is 12.8 Å². The van der Waals surface area contributed by atoms with Crippen LogP contribution in [0.1, 0.15) is 23.3 Å². The van der Waals surface area contributed by atoms with Crippen LogP contribution in [0.5, 0.6) is 5.75 Å². The lowest BCUT2D eigenvalue weighted by Crippen LogP contribution is -2.41. The van der Waals surface area contributed by atoms with Gasteiger partial charge in [-0.1, -0.05) is 12.7 Å². The number of aliphatic hydroxyl groups is 1. The number of hydrogen-bond acceptors (Lipinski definition) is 4. The maximum atomic E-state index is 12.5. The fourth-order valence-corrected chi connectivity index (χ4v) is 2.36. The van der Waals surface area contributed by atoms with Crippen LogP contribution in [0, 0.1) is 5.92 Å². The first-order chi connectivity index (χ1) is 9.76. The molecule has 1 amide bonds. The van der Waals surface area contributed by atoms with Gasteiger partial charge in [-0.05, 0) is 30.9 Å². The standard InChI is InChI=1S/C15H20N2O3/c1-2-9-20-13-6-3-7-16-14(13)15(19)17-8-4-5-12(10-17)11-18/h2-3,6-7,12,18H,1,4-5,8-11H2. The third-order valence-electron chi connectivity index (χ3n) is 3.39. The summed E-state index contributed by atoms with van der Waals surface area (Å²) in [5.41, 5.74) is 0.327. The Bertz CT molecular complexity index is 476. The van der Waals surface area contributed by atoms with E-state index in [0.29, 0.717) is 31.1 Å². The van der Waals surface area contributed by atoms with Gasteiger partial charge in [-0.3, -0.25) is 4.79 Å². The zero-order valence-electron chi connectivity index (χ0n) is 11.5. The lowest BCUT2D eigenvalue weighted by molar-refractivity contribution is 0.0611.